The van der Waals surface area contributed by atoms with Crippen LogP contribution >= 0.6 is 23.5 Å². The molecule has 36 heavy (non-hydrogen) atoms. The molecule has 1 aromatic carbocycles. The fourth-order valence-corrected chi connectivity index (χ4v) is 6.04. The maximum Gasteiger partial charge on any atom is 0.352 e. The topological polar surface area (TPSA) is 189 Å². The van der Waals surface area contributed by atoms with E-state index in [0.717, 1.165) is 16.7 Å². The number of aryl methyl sites for hydroxylation is 1. The summed E-state index contributed by atoms with van der Waals surface area (Å²) in [5.74, 6) is -2.09. The van der Waals surface area contributed by atoms with E-state index >= 15 is 0 Å². The van der Waals surface area contributed by atoms with Crippen molar-refractivity contribution in [2.75, 3.05) is 11.5 Å². The van der Waals surface area contributed by atoms with Gasteiger partial charge in [0.05, 0.1) is 0 Å². The van der Waals surface area contributed by atoms with Gasteiger partial charge in [0.25, 0.3) is 17.0 Å². The van der Waals surface area contributed by atoms with Crippen LogP contribution in [0.2, 0.25) is 0 Å². The smallest absolute Gasteiger partial charge is 0.352 e. The summed E-state index contributed by atoms with van der Waals surface area (Å²) < 4.78 is 5.52. The van der Waals surface area contributed by atoms with Crippen LogP contribution in [0.15, 0.2) is 51.2 Å². The number of aliphatic hydroxyl groups excluding tert-OH is 1. The second kappa shape index (κ2) is 11.1. The molecule has 14 heteroatoms. The molecule has 5 N–H and O–H groups in total. The van der Waals surface area contributed by atoms with Crippen molar-refractivity contribution in [1.29, 1.82) is 0 Å². The number of aliphatic hydroxyl groups is 1. The number of carboxylic acids is 1. The number of thioether (sulfide) groups is 2. The van der Waals surface area contributed by atoms with E-state index < -0.39 is 41.2 Å². The van der Waals surface area contributed by atoms with Gasteiger partial charge in [-0.2, -0.15) is 0 Å². The van der Waals surface area contributed by atoms with Gasteiger partial charge in [-0.1, -0.05) is 42.1 Å². The normalized spacial score (nSPS) is 19.9. The van der Waals surface area contributed by atoms with Gasteiger partial charge in [-0.3, -0.25) is 19.3 Å². The molecule has 3 atom stereocenters. The second-order valence-corrected chi connectivity index (χ2v) is 10.1. The first-order valence-electron chi connectivity index (χ1n) is 10.9. The van der Waals surface area contributed by atoms with Gasteiger partial charge in [0.15, 0.2) is 6.10 Å². The first kappa shape index (κ1) is 25.7. The van der Waals surface area contributed by atoms with Crippen molar-refractivity contribution in [2.45, 2.75) is 42.0 Å². The number of carbonyl (C=O) groups is 4. The van der Waals surface area contributed by atoms with Gasteiger partial charge < -0.3 is 25.7 Å². The van der Waals surface area contributed by atoms with Crippen molar-refractivity contribution in [1.82, 2.24) is 20.4 Å². The summed E-state index contributed by atoms with van der Waals surface area (Å²) in [5, 5.41) is 30.1. The Morgan fingerprint density at radius 3 is 2.72 bits per heavy atom. The fraction of sp³-hybridized carbons (Fsp3) is 0.364. The molecule has 1 aromatic heterocycles. The molecule has 4 rings (SSSR count). The zero-order valence-electron chi connectivity index (χ0n) is 18.8. The molecule has 12 nitrogen and oxygen atoms in total. The van der Waals surface area contributed by atoms with Gasteiger partial charge in [0.1, 0.15) is 17.1 Å². The average molecular weight is 534 g/mol. The molecule has 1 saturated heterocycles. The van der Waals surface area contributed by atoms with Crippen LogP contribution in [0.5, 0.6) is 0 Å². The summed E-state index contributed by atoms with van der Waals surface area (Å²) in [6.07, 6.45) is -0.372. The summed E-state index contributed by atoms with van der Waals surface area (Å²) >= 11 is 2.46. The van der Waals surface area contributed by atoms with Crippen molar-refractivity contribution < 1.29 is 33.8 Å². The number of benzene rings is 1. The molecule has 2 aliphatic heterocycles. The van der Waals surface area contributed by atoms with Crippen molar-refractivity contribution in [2.24, 2.45) is 5.73 Å². The minimum atomic E-state index is -1.45. The molecule has 1 unspecified atom stereocenters. The van der Waals surface area contributed by atoms with Crippen molar-refractivity contribution >= 4 is 47.2 Å². The molecule has 2 aromatic rings. The molecule has 0 radical (unpaired) electrons. The molecule has 0 aliphatic carbocycles. The largest absolute Gasteiger partial charge is 0.477 e. The molecule has 0 spiro atoms. The van der Waals surface area contributed by atoms with Crippen molar-refractivity contribution in [3.05, 3.63) is 53.1 Å². The van der Waals surface area contributed by atoms with E-state index in [9.17, 15) is 29.4 Å². The van der Waals surface area contributed by atoms with E-state index in [1.54, 1.807) is 30.3 Å². The standard InChI is InChI=1S/C22H23N5O7S2/c23-13(28)7-4-8-14-25-26-22(34-14)36-10-12-9-35-20-15(19(31)27(20)16(12)21(32)33)24-18(30)17(29)11-5-2-1-3-6-11/h1-3,5-6,15,17,20,29H,4,7-10H2,(H2,23,28)(H,24,30)(H,32,33)/t15?,17-,20-/m1/s1. The van der Waals surface area contributed by atoms with E-state index in [2.05, 4.69) is 15.5 Å². The van der Waals surface area contributed by atoms with Crippen molar-refractivity contribution in [3.8, 4) is 0 Å². The molecule has 0 bridgehead atoms. The highest BCUT2D eigenvalue weighted by Crippen LogP contribution is 2.41. The van der Waals surface area contributed by atoms with Gasteiger partial charge in [-0.05, 0) is 17.6 Å². The number of primary amides is 1. The minimum Gasteiger partial charge on any atom is -0.477 e. The summed E-state index contributed by atoms with van der Waals surface area (Å²) in [4.78, 5) is 49.3. The Balaban J connectivity index is 1.38. The Kier molecular flexibility index (Phi) is 7.96. The van der Waals surface area contributed by atoms with Crippen LogP contribution in [0.3, 0.4) is 0 Å². The van der Waals surface area contributed by atoms with Crippen LogP contribution in [0.25, 0.3) is 0 Å². The van der Waals surface area contributed by atoms with Crippen LogP contribution < -0.4 is 11.1 Å². The summed E-state index contributed by atoms with van der Waals surface area (Å²) in [5.41, 5.74) is 5.87. The second-order valence-electron chi connectivity index (χ2n) is 8.04. The lowest BCUT2D eigenvalue weighted by Gasteiger charge is -2.49. The number of hydrogen-bond donors (Lipinski definition) is 4. The molecular weight excluding hydrogens is 510 g/mol. The maximum atomic E-state index is 12.8. The van der Waals surface area contributed by atoms with Gasteiger partial charge in [-0.25, -0.2) is 4.79 Å². The Morgan fingerprint density at radius 2 is 2.03 bits per heavy atom. The van der Waals surface area contributed by atoms with Crippen LogP contribution in [0.4, 0.5) is 0 Å². The number of carbonyl (C=O) groups excluding carboxylic acids is 3. The minimum absolute atomic E-state index is 0.133. The Labute approximate surface area is 213 Å². The zero-order chi connectivity index (χ0) is 25.8. The molecule has 1 fully saturated rings. The predicted molar refractivity (Wildman–Crippen MR) is 128 cm³/mol. The van der Waals surface area contributed by atoms with Crippen molar-refractivity contribution in [3.63, 3.8) is 0 Å². The Morgan fingerprint density at radius 1 is 1.28 bits per heavy atom. The number of aromatic nitrogens is 2. The van der Waals surface area contributed by atoms with Gasteiger partial charge >= 0.3 is 5.97 Å². The Bertz CT molecular complexity index is 1200. The number of nitrogens with zero attached hydrogens (tertiary/aromatic N) is 3. The quantitative estimate of drug-likeness (QED) is 0.232. The van der Waals surface area contributed by atoms with Gasteiger partial charge in [-0.15, -0.1) is 22.0 Å². The third kappa shape index (κ3) is 5.55. The Hall–Kier alpha value is -3.36. The summed E-state index contributed by atoms with van der Waals surface area (Å²) in [6.45, 7) is 0. The number of carboxylic acid groups (broad SMARTS) is 1. The zero-order valence-corrected chi connectivity index (χ0v) is 20.5. The van der Waals surface area contributed by atoms with E-state index in [4.69, 9.17) is 10.2 Å². The number of aliphatic carboxylic acids is 1. The highest BCUT2D eigenvalue weighted by atomic mass is 32.2. The molecular formula is C22H23N5O7S2. The molecule has 2 aliphatic rings. The number of nitrogens with two attached hydrogens (primary N) is 1. The van der Waals surface area contributed by atoms with Crippen LogP contribution in [0, 0.1) is 0 Å². The highest BCUT2D eigenvalue weighted by Gasteiger charge is 2.54. The molecule has 3 heterocycles. The monoisotopic (exact) mass is 533 g/mol. The summed E-state index contributed by atoms with van der Waals surface area (Å²) in [6, 6.07) is 7.36. The van der Waals surface area contributed by atoms with Gasteiger partial charge in [0.2, 0.25) is 11.8 Å². The van der Waals surface area contributed by atoms with Crippen LogP contribution in [0.1, 0.15) is 30.4 Å². The first-order chi connectivity index (χ1) is 17.3. The molecule has 190 valence electrons. The number of amides is 3. The number of nitrogens with one attached hydrogen (secondary N) is 1. The van der Waals surface area contributed by atoms with Gasteiger partial charge in [0, 0.05) is 24.3 Å². The number of β-lactam (4-membered cyclic amide) rings is 1. The SMILES string of the molecule is NC(=O)CCCc1nnc(SCC2=C(C(=O)O)N3C(=O)C(NC(=O)[C@H](O)c4ccccc4)[C@H]3SC2)o1. The average Bonchev–Trinajstić information content (AvgIpc) is 3.32. The number of hydrogen-bond acceptors (Lipinski definition) is 10. The molecule has 0 saturated carbocycles. The van der Waals surface area contributed by atoms with E-state index in [-0.39, 0.29) is 23.1 Å². The third-order valence-electron chi connectivity index (χ3n) is 5.54. The van der Waals surface area contributed by atoms with Crippen LogP contribution in [-0.2, 0) is 25.6 Å². The van der Waals surface area contributed by atoms with Crippen LogP contribution in [-0.4, -0.2) is 71.9 Å². The van der Waals surface area contributed by atoms with E-state index in [1.165, 1.54) is 11.8 Å². The predicted octanol–water partition coefficient (Wildman–Crippen LogP) is 0.442. The number of fused-ring (bicyclic) bond motifs is 1. The lowest BCUT2D eigenvalue weighted by Crippen LogP contribution is -2.70. The summed E-state index contributed by atoms with van der Waals surface area (Å²) in [7, 11) is 0. The lowest BCUT2D eigenvalue weighted by molar-refractivity contribution is -0.151. The lowest BCUT2D eigenvalue weighted by atomic mass is 10.0. The highest BCUT2D eigenvalue weighted by molar-refractivity contribution is 8.01. The first-order valence-corrected chi connectivity index (χ1v) is 13.0. The number of rotatable bonds is 11. The third-order valence-corrected chi connectivity index (χ3v) is 7.79. The fourth-order valence-electron chi connectivity index (χ4n) is 3.77. The molecule has 3 amide bonds. The van der Waals surface area contributed by atoms with E-state index in [0.29, 0.717) is 35.6 Å². The van der Waals surface area contributed by atoms with E-state index in [1.807, 2.05) is 0 Å². The maximum absolute atomic E-state index is 12.8.